The number of nitro groups is 1. The number of non-ortho nitro benzene ring substituents is 1. The molecule has 1 aromatic carbocycles. The van der Waals surface area contributed by atoms with Gasteiger partial charge in [0.25, 0.3) is 5.69 Å². The second-order valence-electron chi connectivity index (χ2n) is 6.14. The molecule has 10 heteroatoms. The average Bonchev–Trinajstić information content (AvgIpc) is 3.01. The number of halogens is 1. The number of benzene rings is 1. The molecule has 0 aliphatic heterocycles. The molecule has 0 saturated carbocycles. The summed E-state index contributed by atoms with van der Waals surface area (Å²) >= 11 is 6.66. The first kappa shape index (κ1) is 20.2. The van der Waals surface area contributed by atoms with Crippen LogP contribution < -0.4 is 10.6 Å². The summed E-state index contributed by atoms with van der Waals surface area (Å²) in [6.07, 6.45) is 3.73. The van der Waals surface area contributed by atoms with Gasteiger partial charge in [-0.15, -0.1) is 11.3 Å². The van der Waals surface area contributed by atoms with Crippen LogP contribution in [0, 0.1) is 15.9 Å². The highest BCUT2D eigenvalue weighted by Crippen LogP contribution is 2.38. The lowest BCUT2D eigenvalue weighted by atomic mass is 9.95. The molecule has 0 atom stereocenters. The highest BCUT2D eigenvalue weighted by atomic mass is 32.1. The maximum Gasteiger partial charge on any atom is 0.341 e. The molecule has 0 fully saturated rings. The molecule has 0 saturated heterocycles. The highest BCUT2D eigenvalue weighted by Gasteiger charge is 2.27. The molecular weight excluding hydrogens is 405 g/mol. The average molecular weight is 423 g/mol. The topological polar surface area (TPSA) is 93.5 Å². The third-order valence-electron chi connectivity index (χ3n) is 4.29. The van der Waals surface area contributed by atoms with E-state index in [0.29, 0.717) is 10.6 Å². The van der Waals surface area contributed by atoms with E-state index >= 15 is 0 Å². The molecule has 0 unspecified atom stereocenters. The molecule has 2 aromatic rings. The van der Waals surface area contributed by atoms with Crippen molar-refractivity contribution in [3.63, 3.8) is 0 Å². The summed E-state index contributed by atoms with van der Waals surface area (Å²) in [5.41, 5.74) is 1.06. The van der Waals surface area contributed by atoms with Crippen molar-refractivity contribution in [2.75, 3.05) is 17.2 Å². The second-order valence-corrected chi connectivity index (χ2v) is 7.65. The highest BCUT2D eigenvalue weighted by molar-refractivity contribution is 7.80. The number of nitro benzene ring substituents is 1. The molecule has 28 heavy (non-hydrogen) atoms. The quantitative estimate of drug-likeness (QED) is 0.313. The predicted octanol–water partition coefficient (Wildman–Crippen LogP) is 4.66. The van der Waals surface area contributed by atoms with Crippen LogP contribution in [0.4, 0.5) is 20.8 Å². The van der Waals surface area contributed by atoms with Crippen molar-refractivity contribution in [2.24, 2.45) is 0 Å². The number of esters is 1. The molecule has 7 nitrogen and oxygen atoms in total. The van der Waals surface area contributed by atoms with Gasteiger partial charge in [0.15, 0.2) is 5.11 Å². The van der Waals surface area contributed by atoms with E-state index in [1.807, 2.05) is 0 Å². The Morgan fingerprint density at radius 1 is 1.36 bits per heavy atom. The number of carbonyl (C=O) groups excluding carboxylic acids is 1. The number of rotatable bonds is 5. The maximum atomic E-state index is 14.0. The first-order valence-corrected chi connectivity index (χ1v) is 9.96. The molecule has 1 aliphatic carbocycles. The smallest absolute Gasteiger partial charge is 0.341 e. The molecular formula is C18H18FN3O4S2. The zero-order valence-corrected chi connectivity index (χ0v) is 16.7. The number of thiocarbonyl (C=S) groups is 1. The Balaban J connectivity index is 1.84. The molecule has 1 heterocycles. The SMILES string of the molecule is CCOC(=O)c1c(NC(=S)Nc2cc([N+](=O)[O-])ccc2F)sc2c1CCCC2. The fourth-order valence-corrected chi connectivity index (χ4v) is 4.61. The Kier molecular flexibility index (Phi) is 6.20. The van der Waals surface area contributed by atoms with Gasteiger partial charge in [0, 0.05) is 17.0 Å². The van der Waals surface area contributed by atoms with E-state index < -0.39 is 16.7 Å². The van der Waals surface area contributed by atoms with E-state index in [0.717, 1.165) is 54.3 Å². The number of fused-ring (bicyclic) bond motifs is 1. The monoisotopic (exact) mass is 423 g/mol. The van der Waals surface area contributed by atoms with Gasteiger partial charge in [-0.3, -0.25) is 10.1 Å². The molecule has 3 rings (SSSR count). The standard InChI is InChI=1S/C18H18FN3O4S2/c1-2-26-17(23)15-11-5-3-4-6-14(11)28-16(15)21-18(27)20-13-9-10(22(24)25)7-8-12(13)19/h7-9H,2-6H2,1H3,(H2,20,21,27). The van der Waals surface area contributed by atoms with Gasteiger partial charge in [0.1, 0.15) is 10.8 Å². The van der Waals surface area contributed by atoms with Gasteiger partial charge in [-0.25, -0.2) is 9.18 Å². The Hall–Kier alpha value is -2.59. The molecule has 1 aromatic heterocycles. The van der Waals surface area contributed by atoms with Crippen LogP contribution in [0.3, 0.4) is 0 Å². The van der Waals surface area contributed by atoms with E-state index in [9.17, 15) is 19.3 Å². The lowest BCUT2D eigenvalue weighted by Gasteiger charge is -2.13. The van der Waals surface area contributed by atoms with Crippen molar-refractivity contribution < 1.29 is 18.8 Å². The van der Waals surface area contributed by atoms with Crippen molar-refractivity contribution in [2.45, 2.75) is 32.6 Å². The predicted molar refractivity (Wildman–Crippen MR) is 110 cm³/mol. The zero-order valence-electron chi connectivity index (χ0n) is 15.0. The van der Waals surface area contributed by atoms with Crippen molar-refractivity contribution in [3.05, 3.63) is 50.1 Å². The normalized spacial score (nSPS) is 12.8. The number of carbonyl (C=O) groups is 1. The Morgan fingerprint density at radius 3 is 2.82 bits per heavy atom. The molecule has 148 valence electrons. The number of hydrogen-bond donors (Lipinski definition) is 2. The molecule has 0 amide bonds. The van der Waals surface area contributed by atoms with Crippen LogP contribution in [0.2, 0.25) is 0 Å². The van der Waals surface area contributed by atoms with Gasteiger partial charge in [-0.2, -0.15) is 0 Å². The van der Waals surface area contributed by atoms with E-state index in [4.69, 9.17) is 17.0 Å². The fraction of sp³-hybridized carbons (Fsp3) is 0.333. The number of nitrogens with one attached hydrogen (secondary N) is 2. The van der Waals surface area contributed by atoms with Crippen LogP contribution >= 0.6 is 23.6 Å². The number of thiophene rings is 1. The van der Waals surface area contributed by atoms with Crippen molar-refractivity contribution in [1.82, 2.24) is 0 Å². The molecule has 0 spiro atoms. The number of ether oxygens (including phenoxy) is 1. The van der Waals surface area contributed by atoms with E-state index in [2.05, 4.69) is 10.6 Å². The third kappa shape index (κ3) is 4.28. The first-order valence-electron chi connectivity index (χ1n) is 8.74. The number of nitrogens with zero attached hydrogens (tertiary/aromatic N) is 1. The van der Waals surface area contributed by atoms with E-state index in [1.165, 1.54) is 11.3 Å². The molecule has 0 radical (unpaired) electrons. The fourth-order valence-electron chi connectivity index (χ4n) is 3.05. The second kappa shape index (κ2) is 8.61. The number of aryl methyl sites for hydroxylation is 1. The van der Waals surface area contributed by atoms with Crippen molar-refractivity contribution >= 4 is 51.0 Å². The third-order valence-corrected chi connectivity index (χ3v) is 5.70. The minimum atomic E-state index is -0.675. The van der Waals surface area contributed by atoms with Gasteiger partial charge in [-0.1, -0.05) is 0 Å². The largest absolute Gasteiger partial charge is 0.462 e. The van der Waals surface area contributed by atoms with Gasteiger partial charge in [0.2, 0.25) is 0 Å². The van der Waals surface area contributed by atoms with Crippen LogP contribution in [-0.4, -0.2) is 22.6 Å². The summed E-state index contributed by atoms with van der Waals surface area (Å²) in [6, 6.07) is 3.13. The summed E-state index contributed by atoms with van der Waals surface area (Å²) in [5, 5.41) is 17.0. The summed E-state index contributed by atoms with van der Waals surface area (Å²) in [6.45, 7) is 1.99. The minimum absolute atomic E-state index is 0.0311. The van der Waals surface area contributed by atoms with Gasteiger partial charge in [-0.05, 0) is 56.5 Å². The van der Waals surface area contributed by atoms with Gasteiger partial charge in [0.05, 0.1) is 22.8 Å². The summed E-state index contributed by atoms with van der Waals surface area (Å²) in [5.74, 6) is -1.10. The Bertz CT molecular complexity index is 945. The van der Waals surface area contributed by atoms with Crippen LogP contribution in [0.15, 0.2) is 18.2 Å². The molecule has 1 aliphatic rings. The maximum absolute atomic E-state index is 14.0. The molecule has 0 bridgehead atoms. The zero-order chi connectivity index (χ0) is 20.3. The van der Waals surface area contributed by atoms with Gasteiger partial charge < -0.3 is 15.4 Å². The van der Waals surface area contributed by atoms with E-state index in [-0.39, 0.29) is 23.1 Å². The lowest BCUT2D eigenvalue weighted by Crippen LogP contribution is -2.21. The van der Waals surface area contributed by atoms with Crippen LogP contribution in [-0.2, 0) is 17.6 Å². The van der Waals surface area contributed by atoms with Gasteiger partial charge >= 0.3 is 5.97 Å². The lowest BCUT2D eigenvalue weighted by molar-refractivity contribution is -0.384. The number of anilines is 2. The van der Waals surface area contributed by atoms with Crippen molar-refractivity contribution in [1.29, 1.82) is 0 Å². The first-order chi connectivity index (χ1) is 13.4. The van der Waals surface area contributed by atoms with Crippen LogP contribution in [0.5, 0.6) is 0 Å². The minimum Gasteiger partial charge on any atom is -0.462 e. The Labute approximate surface area is 170 Å². The number of hydrogen-bond acceptors (Lipinski definition) is 6. The van der Waals surface area contributed by atoms with Crippen LogP contribution in [0.1, 0.15) is 40.6 Å². The Morgan fingerprint density at radius 2 is 2.11 bits per heavy atom. The van der Waals surface area contributed by atoms with Crippen LogP contribution in [0.25, 0.3) is 0 Å². The van der Waals surface area contributed by atoms with Crippen molar-refractivity contribution in [3.8, 4) is 0 Å². The molecule has 2 N–H and O–H groups in total. The van der Waals surface area contributed by atoms with E-state index in [1.54, 1.807) is 6.92 Å². The summed E-state index contributed by atoms with van der Waals surface area (Å²) < 4.78 is 19.2. The summed E-state index contributed by atoms with van der Waals surface area (Å²) in [4.78, 5) is 23.8. The summed E-state index contributed by atoms with van der Waals surface area (Å²) in [7, 11) is 0.